The van der Waals surface area contributed by atoms with Crippen LogP contribution in [0.2, 0.25) is 5.15 Å². The molecule has 2 atom stereocenters. The summed E-state index contributed by atoms with van der Waals surface area (Å²) in [5.74, 6) is 0.368. The molecule has 1 aromatic heterocycles. The number of nitrogens with zero attached hydrogens (tertiary/aromatic N) is 1. The summed E-state index contributed by atoms with van der Waals surface area (Å²) in [4.78, 5) is 15.9. The van der Waals surface area contributed by atoms with Crippen LogP contribution in [0.15, 0.2) is 12.3 Å². The molecule has 1 aliphatic rings. The minimum absolute atomic E-state index is 0.184. The van der Waals surface area contributed by atoms with Gasteiger partial charge in [-0.2, -0.15) is 0 Å². The predicted molar refractivity (Wildman–Crippen MR) is 78.5 cm³/mol. The van der Waals surface area contributed by atoms with Gasteiger partial charge in [-0.15, -0.1) is 0 Å². The zero-order chi connectivity index (χ0) is 14.5. The Bertz CT molecular complexity index is 481. The van der Waals surface area contributed by atoms with E-state index in [1.165, 1.54) is 12.3 Å². The van der Waals surface area contributed by atoms with Crippen molar-refractivity contribution in [2.45, 2.75) is 25.7 Å². The third kappa shape index (κ3) is 3.61. The van der Waals surface area contributed by atoms with E-state index in [2.05, 4.69) is 10.3 Å². The molecule has 20 heavy (non-hydrogen) atoms. The van der Waals surface area contributed by atoms with Gasteiger partial charge in [-0.25, -0.2) is 4.98 Å². The first-order valence-electron chi connectivity index (χ1n) is 6.92. The maximum absolute atomic E-state index is 12.1. The van der Waals surface area contributed by atoms with E-state index in [4.69, 9.17) is 17.3 Å². The summed E-state index contributed by atoms with van der Waals surface area (Å²) in [6.07, 6.45) is 5.76. The molecule has 0 spiro atoms. The second-order valence-electron chi connectivity index (χ2n) is 5.29. The van der Waals surface area contributed by atoms with Gasteiger partial charge in [0.15, 0.2) is 0 Å². The van der Waals surface area contributed by atoms with E-state index in [0.29, 0.717) is 23.7 Å². The molecule has 0 saturated heterocycles. The van der Waals surface area contributed by atoms with Crippen molar-refractivity contribution in [3.05, 3.63) is 23.0 Å². The zero-order valence-corrected chi connectivity index (χ0v) is 12.1. The molecule has 1 fully saturated rings. The van der Waals surface area contributed by atoms with Gasteiger partial charge in [0.2, 0.25) is 0 Å². The van der Waals surface area contributed by atoms with Gasteiger partial charge in [0.05, 0.1) is 17.4 Å². The van der Waals surface area contributed by atoms with E-state index in [0.717, 1.165) is 25.7 Å². The molecule has 0 aliphatic heterocycles. The van der Waals surface area contributed by atoms with Crippen molar-refractivity contribution >= 4 is 23.2 Å². The minimum atomic E-state index is -0.242. The van der Waals surface area contributed by atoms with Crippen LogP contribution < -0.4 is 11.1 Å². The molecule has 1 saturated carbocycles. The molecule has 0 aromatic carbocycles. The number of rotatable bonds is 4. The van der Waals surface area contributed by atoms with Crippen molar-refractivity contribution in [1.82, 2.24) is 10.3 Å². The molecule has 4 N–H and O–H groups in total. The Hall–Kier alpha value is -1.33. The molecule has 1 aromatic rings. The number of hydrogen-bond acceptors (Lipinski definition) is 4. The molecule has 1 aliphatic carbocycles. The van der Waals surface area contributed by atoms with Crippen molar-refractivity contribution in [3.8, 4) is 0 Å². The third-order valence-corrected chi connectivity index (χ3v) is 4.18. The molecular weight excluding hydrogens is 278 g/mol. The number of carbonyl (C=O) groups excluding carboxylic acids is 1. The number of nitrogens with two attached hydrogens (primary N) is 1. The van der Waals surface area contributed by atoms with Crippen LogP contribution in [0.25, 0.3) is 0 Å². The fourth-order valence-electron chi connectivity index (χ4n) is 2.75. The number of anilines is 1. The van der Waals surface area contributed by atoms with E-state index < -0.39 is 0 Å². The van der Waals surface area contributed by atoms with Gasteiger partial charge in [0, 0.05) is 13.2 Å². The molecule has 1 heterocycles. The normalized spacial score (nSPS) is 22.5. The molecule has 0 bridgehead atoms. The number of pyridine rings is 1. The number of aliphatic hydroxyl groups is 1. The van der Waals surface area contributed by atoms with Gasteiger partial charge < -0.3 is 16.2 Å². The summed E-state index contributed by atoms with van der Waals surface area (Å²) < 4.78 is 0. The second-order valence-corrected chi connectivity index (χ2v) is 5.68. The molecular formula is C14H20ClN3O2. The number of carbonyl (C=O) groups is 1. The van der Waals surface area contributed by atoms with E-state index in [1.807, 2.05) is 0 Å². The first-order valence-corrected chi connectivity index (χ1v) is 7.29. The first-order chi connectivity index (χ1) is 9.61. The first kappa shape index (κ1) is 15.1. The van der Waals surface area contributed by atoms with Crippen molar-refractivity contribution < 1.29 is 9.90 Å². The van der Waals surface area contributed by atoms with E-state index in [9.17, 15) is 9.90 Å². The smallest absolute Gasteiger partial charge is 0.253 e. The standard InChI is InChI=1S/C14H20ClN3O2/c15-13-5-11(12(16)7-17-13)14(20)18-6-9-3-1-2-4-10(9)8-19/h5,7,9-10,19H,1-4,6,8,16H2,(H,18,20). The molecule has 0 radical (unpaired) electrons. The highest BCUT2D eigenvalue weighted by Crippen LogP contribution is 2.29. The largest absolute Gasteiger partial charge is 0.397 e. The highest BCUT2D eigenvalue weighted by atomic mass is 35.5. The summed E-state index contributed by atoms with van der Waals surface area (Å²) in [6.45, 7) is 0.743. The Kier molecular flexibility index (Phi) is 5.20. The predicted octanol–water partition coefficient (Wildman–Crippen LogP) is 1.85. The van der Waals surface area contributed by atoms with Crippen LogP contribution >= 0.6 is 11.6 Å². The summed E-state index contributed by atoms with van der Waals surface area (Å²) in [5.41, 5.74) is 6.39. The van der Waals surface area contributed by atoms with E-state index in [-0.39, 0.29) is 23.6 Å². The number of amides is 1. The number of nitrogen functional groups attached to an aromatic ring is 1. The number of halogens is 1. The maximum Gasteiger partial charge on any atom is 0.253 e. The number of aromatic nitrogens is 1. The van der Waals surface area contributed by atoms with Crippen LogP contribution in [0, 0.1) is 11.8 Å². The highest BCUT2D eigenvalue weighted by molar-refractivity contribution is 6.29. The van der Waals surface area contributed by atoms with Gasteiger partial charge in [-0.1, -0.05) is 24.4 Å². The topological polar surface area (TPSA) is 88.2 Å². The highest BCUT2D eigenvalue weighted by Gasteiger charge is 2.25. The van der Waals surface area contributed by atoms with Crippen molar-refractivity contribution in [1.29, 1.82) is 0 Å². The molecule has 6 heteroatoms. The lowest BCUT2D eigenvalue weighted by molar-refractivity contribution is 0.0910. The fraction of sp³-hybridized carbons (Fsp3) is 0.571. The van der Waals surface area contributed by atoms with Gasteiger partial charge in [0.1, 0.15) is 5.15 Å². The Labute approximate surface area is 123 Å². The van der Waals surface area contributed by atoms with Crippen LogP contribution in [-0.2, 0) is 0 Å². The summed E-state index contributed by atoms with van der Waals surface area (Å²) in [6, 6.07) is 1.47. The maximum atomic E-state index is 12.1. The minimum Gasteiger partial charge on any atom is -0.397 e. The average molecular weight is 298 g/mol. The summed E-state index contributed by atoms with van der Waals surface area (Å²) >= 11 is 5.78. The number of nitrogens with one attached hydrogen (secondary N) is 1. The van der Waals surface area contributed by atoms with Crippen molar-refractivity contribution in [2.24, 2.45) is 11.8 Å². The van der Waals surface area contributed by atoms with Crippen molar-refractivity contribution in [3.63, 3.8) is 0 Å². The lowest BCUT2D eigenvalue weighted by Crippen LogP contribution is -2.35. The third-order valence-electron chi connectivity index (χ3n) is 3.97. The quantitative estimate of drug-likeness (QED) is 0.740. The van der Waals surface area contributed by atoms with Crippen LogP contribution in [0.1, 0.15) is 36.0 Å². The van der Waals surface area contributed by atoms with E-state index >= 15 is 0 Å². The van der Waals surface area contributed by atoms with Gasteiger partial charge in [-0.3, -0.25) is 4.79 Å². The van der Waals surface area contributed by atoms with Crippen LogP contribution in [0.4, 0.5) is 5.69 Å². The van der Waals surface area contributed by atoms with Crippen LogP contribution in [-0.4, -0.2) is 29.1 Å². The molecule has 5 nitrogen and oxygen atoms in total. The lowest BCUT2D eigenvalue weighted by atomic mass is 9.79. The number of aliphatic hydroxyl groups excluding tert-OH is 1. The Morgan fingerprint density at radius 2 is 2.15 bits per heavy atom. The Morgan fingerprint density at radius 1 is 1.45 bits per heavy atom. The SMILES string of the molecule is Nc1cnc(Cl)cc1C(=O)NCC1CCCCC1CO. The Morgan fingerprint density at radius 3 is 2.85 bits per heavy atom. The second kappa shape index (κ2) is 6.90. The number of hydrogen-bond donors (Lipinski definition) is 3. The molecule has 1 amide bonds. The summed E-state index contributed by atoms with van der Waals surface area (Å²) in [5, 5.41) is 12.5. The molecule has 2 rings (SSSR count). The lowest BCUT2D eigenvalue weighted by Gasteiger charge is -2.30. The zero-order valence-electron chi connectivity index (χ0n) is 11.3. The van der Waals surface area contributed by atoms with Gasteiger partial charge in [0.25, 0.3) is 5.91 Å². The van der Waals surface area contributed by atoms with Gasteiger partial charge >= 0.3 is 0 Å². The van der Waals surface area contributed by atoms with Crippen LogP contribution in [0.5, 0.6) is 0 Å². The molecule has 110 valence electrons. The monoisotopic (exact) mass is 297 g/mol. The Balaban J connectivity index is 1.96. The van der Waals surface area contributed by atoms with Gasteiger partial charge in [-0.05, 0) is 30.7 Å². The molecule has 2 unspecified atom stereocenters. The average Bonchev–Trinajstić information content (AvgIpc) is 2.47. The fourth-order valence-corrected chi connectivity index (χ4v) is 2.91. The van der Waals surface area contributed by atoms with E-state index in [1.54, 1.807) is 0 Å². The van der Waals surface area contributed by atoms with Crippen LogP contribution in [0.3, 0.4) is 0 Å². The summed E-state index contributed by atoms with van der Waals surface area (Å²) in [7, 11) is 0. The van der Waals surface area contributed by atoms with Crippen molar-refractivity contribution in [2.75, 3.05) is 18.9 Å².